The SMILES string of the molecule is COc1cc(C=CC(=O)N2CCN(S(=O)(=O)c3ccccc3C#N)CC2)ccc1OC(F)F. The fourth-order valence-electron chi connectivity index (χ4n) is 3.33. The number of benzene rings is 2. The molecule has 0 bridgehead atoms. The van der Waals surface area contributed by atoms with Crippen molar-refractivity contribution in [2.45, 2.75) is 11.5 Å². The number of amides is 1. The first-order chi connectivity index (χ1) is 15.8. The number of carbonyl (C=O) groups is 1. The number of piperazine rings is 1. The Bertz CT molecular complexity index is 1190. The van der Waals surface area contributed by atoms with Gasteiger partial charge in [-0.15, -0.1) is 0 Å². The lowest BCUT2D eigenvalue weighted by Crippen LogP contribution is -2.50. The molecular weight excluding hydrogens is 456 g/mol. The molecule has 2 aromatic carbocycles. The predicted molar refractivity (Wildman–Crippen MR) is 115 cm³/mol. The van der Waals surface area contributed by atoms with Crippen LogP contribution in [-0.4, -0.2) is 63.4 Å². The molecule has 0 radical (unpaired) electrons. The Kier molecular flexibility index (Phi) is 7.63. The van der Waals surface area contributed by atoms with Gasteiger partial charge in [-0.25, -0.2) is 8.42 Å². The molecule has 0 aromatic heterocycles. The molecule has 0 saturated carbocycles. The minimum absolute atomic E-state index is 0.0552. The monoisotopic (exact) mass is 477 g/mol. The zero-order valence-corrected chi connectivity index (χ0v) is 18.5. The van der Waals surface area contributed by atoms with Gasteiger partial charge in [0.15, 0.2) is 11.5 Å². The Hall–Kier alpha value is -3.49. The van der Waals surface area contributed by atoms with Crippen LogP contribution in [0.4, 0.5) is 8.78 Å². The quantitative estimate of drug-likeness (QED) is 0.569. The first-order valence-corrected chi connectivity index (χ1v) is 11.3. The molecule has 3 rings (SSSR count). The highest BCUT2D eigenvalue weighted by Crippen LogP contribution is 2.30. The third-order valence-electron chi connectivity index (χ3n) is 5.00. The van der Waals surface area contributed by atoms with Crippen molar-refractivity contribution in [1.29, 1.82) is 5.26 Å². The van der Waals surface area contributed by atoms with Crippen molar-refractivity contribution in [3.8, 4) is 17.6 Å². The van der Waals surface area contributed by atoms with Gasteiger partial charge in [0.05, 0.1) is 17.6 Å². The van der Waals surface area contributed by atoms with E-state index in [9.17, 15) is 27.3 Å². The van der Waals surface area contributed by atoms with Gasteiger partial charge in [0.1, 0.15) is 6.07 Å². The summed E-state index contributed by atoms with van der Waals surface area (Å²) in [5.41, 5.74) is 0.607. The fourth-order valence-corrected chi connectivity index (χ4v) is 4.89. The second-order valence-corrected chi connectivity index (χ2v) is 8.87. The molecular formula is C22H21F2N3O5S. The van der Waals surface area contributed by atoms with Gasteiger partial charge in [0.25, 0.3) is 0 Å². The molecule has 174 valence electrons. The van der Waals surface area contributed by atoms with E-state index in [1.165, 1.54) is 58.8 Å². The number of sulfonamides is 1. The number of ether oxygens (including phenoxy) is 2. The van der Waals surface area contributed by atoms with Gasteiger partial charge in [-0.2, -0.15) is 18.3 Å². The maximum atomic E-state index is 12.9. The fraction of sp³-hybridized carbons (Fsp3) is 0.273. The summed E-state index contributed by atoms with van der Waals surface area (Å²) in [7, 11) is -2.54. The number of alkyl halides is 2. The number of methoxy groups -OCH3 is 1. The number of carbonyl (C=O) groups excluding carboxylic acids is 1. The van der Waals surface area contributed by atoms with Crippen molar-refractivity contribution in [3.05, 3.63) is 59.7 Å². The van der Waals surface area contributed by atoms with Gasteiger partial charge in [-0.3, -0.25) is 4.79 Å². The summed E-state index contributed by atoms with van der Waals surface area (Å²) in [6, 6.07) is 12.1. The number of hydrogen-bond donors (Lipinski definition) is 0. The molecule has 2 aromatic rings. The van der Waals surface area contributed by atoms with Crippen molar-refractivity contribution >= 4 is 22.0 Å². The molecule has 1 amide bonds. The van der Waals surface area contributed by atoms with Crippen LogP contribution in [0.3, 0.4) is 0 Å². The summed E-state index contributed by atoms with van der Waals surface area (Å²) in [5, 5.41) is 9.19. The first kappa shape index (κ1) is 24.2. The van der Waals surface area contributed by atoms with Crippen LogP contribution in [-0.2, 0) is 14.8 Å². The number of rotatable bonds is 7. The maximum Gasteiger partial charge on any atom is 0.387 e. The van der Waals surface area contributed by atoms with E-state index < -0.39 is 16.6 Å². The molecule has 1 fully saturated rings. The van der Waals surface area contributed by atoms with Crippen molar-refractivity contribution in [1.82, 2.24) is 9.21 Å². The second-order valence-electron chi connectivity index (χ2n) is 6.96. The topological polar surface area (TPSA) is 99.9 Å². The molecule has 0 spiro atoms. The summed E-state index contributed by atoms with van der Waals surface area (Å²) >= 11 is 0. The number of nitriles is 1. The Balaban J connectivity index is 1.64. The van der Waals surface area contributed by atoms with Crippen LogP contribution < -0.4 is 9.47 Å². The molecule has 11 heteroatoms. The molecule has 0 unspecified atom stereocenters. The highest BCUT2D eigenvalue weighted by molar-refractivity contribution is 7.89. The van der Waals surface area contributed by atoms with Crippen molar-refractivity contribution < 1.29 is 31.5 Å². The van der Waals surface area contributed by atoms with E-state index in [1.54, 1.807) is 12.1 Å². The van der Waals surface area contributed by atoms with Crippen LogP contribution in [0.1, 0.15) is 11.1 Å². The minimum atomic E-state index is -3.85. The van der Waals surface area contributed by atoms with Crippen LogP contribution in [0.2, 0.25) is 0 Å². The van der Waals surface area contributed by atoms with Crippen LogP contribution in [0, 0.1) is 11.3 Å². The Morgan fingerprint density at radius 1 is 1.12 bits per heavy atom. The molecule has 0 N–H and O–H groups in total. The minimum Gasteiger partial charge on any atom is -0.493 e. The lowest BCUT2D eigenvalue weighted by atomic mass is 10.2. The van der Waals surface area contributed by atoms with E-state index >= 15 is 0 Å². The predicted octanol–water partition coefficient (Wildman–Crippen LogP) is 2.71. The van der Waals surface area contributed by atoms with Gasteiger partial charge >= 0.3 is 6.61 Å². The number of hydrogen-bond acceptors (Lipinski definition) is 6. The molecule has 1 saturated heterocycles. The van der Waals surface area contributed by atoms with Gasteiger partial charge in [0, 0.05) is 32.3 Å². The Labute approximate surface area is 190 Å². The molecule has 1 aliphatic heterocycles. The van der Waals surface area contributed by atoms with Crippen LogP contribution >= 0.6 is 0 Å². The number of nitrogens with zero attached hydrogens (tertiary/aromatic N) is 3. The summed E-state index contributed by atoms with van der Waals surface area (Å²) in [6.45, 7) is -2.44. The summed E-state index contributed by atoms with van der Waals surface area (Å²) in [4.78, 5) is 14.0. The first-order valence-electron chi connectivity index (χ1n) is 9.85. The smallest absolute Gasteiger partial charge is 0.387 e. The normalized spacial score (nSPS) is 14.9. The summed E-state index contributed by atoms with van der Waals surface area (Å²) in [6.07, 6.45) is 2.82. The third-order valence-corrected chi connectivity index (χ3v) is 6.95. The van der Waals surface area contributed by atoms with Crippen LogP contribution in [0.15, 0.2) is 53.4 Å². The molecule has 33 heavy (non-hydrogen) atoms. The van der Waals surface area contributed by atoms with E-state index in [2.05, 4.69) is 4.74 Å². The van der Waals surface area contributed by atoms with Gasteiger partial charge in [-0.05, 0) is 35.9 Å². The lowest BCUT2D eigenvalue weighted by Gasteiger charge is -2.33. The zero-order chi connectivity index (χ0) is 24.0. The Morgan fingerprint density at radius 2 is 1.82 bits per heavy atom. The zero-order valence-electron chi connectivity index (χ0n) is 17.6. The Morgan fingerprint density at radius 3 is 2.45 bits per heavy atom. The van der Waals surface area contributed by atoms with E-state index in [0.717, 1.165) is 0 Å². The lowest BCUT2D eigenvalue weighted by molar-refractivity contribution is -0.127. The van der Waals surface area contributed by atoms with Gasteiger partial charge < -0.3 is 14.4 Å². The second kappa shape index (κ2) is 10.4. The average molecular weight is 477 g/mol. The van der Waals surface area contributed by atoms with E-state index in [0.29, 0.717) is 5.56 Å². The van der Waals surface area contributed by atoms with Gasteiger partial charge in [0.2, 0.25) is 15.9 Å². The van der Waals surface area contributed by atoms with Gasteiger partial charge in [-0.1, -0.05) is 18.2 Å². The summed E-state index contributed by atoms with van der Waals surface area (Å²) < 4.78 is 61.3. The van der Waals surface area contributed by atoms with Crippen LogP contribution in [0.25, 0.3) is 6.08 Å². The largest absolute Gasteiger partial charge is 0.493 e. The highest BCUT2D eigenvalue weighted by atomic mass is 32.2. The third kappa shape index (κ3) is 5.66. The molecule has 1 aliphatic rings. The van der Waals surface area contributed by atoms with E-state index in [1.807, 2.05) is 6.07 Å². The summed E-state index contributed by atoms with van der Waals surface area (Å²) in [5.74, 6) is -0.344. The molecule has 1 heterocycles. The van der Waals surface area contributed by atoms with E-state index in [-0.39, 0.29) is 54.0 Å². The maximum absolute atomic E-state index is 12.9. The average Bonchev–Trinajstić information content (AvgIpc) is 2.82. The molecule has 0 aliphatic carbocycles. The molecule has 0 atom stereocenters. The van der Waals surface area contributed by atoms with Crippen LogP contribution in [0.5, 0.6) is 11.5 Å². The van der Waals surface area contributed by atoms with E-state index in [4.69, 9.17) is 4.74 Å². The van der Waals surface area contributed by atoms with Crippen molar-refractivity contribution in [2.75, 3.05) is 33.3 Å². The highest BCUT2D eigenvalue weighted by Gasteiger charge is 2.31. The standard InChI is InChI=1S/C22H21F2N3O5S/c1-31-19-14-16(6-8-18(19)32-22(23)24)7-9-21(28)26-10-12-27(13-11-26)33(29,30)20-5-3-2-4-17(20)15-25/h2-9,14,22H,10-13H2,1H3. The van der Waals surface area contributed by atoms with Crippen molar-refractivity contribution in [3.63, 3.8) is 0 Å². The van der Waals surface area contributed by atoms with Crippen molar-refractivity contribution in [2.24, 2.45) is 0 Å². The molecule has 8 nitrogen and oxygen atoms in total. The number of halogens is 2.